The van der Waals surface area contributed by atoms with Crippen LogP contribution in [0.25, 0.3) is 0 Å². The average molecular weight is 523 g/mol. The van der Waals surface area contributed by atoms with E-state index in [1.807, 2.05) is 0 Å². The molecular weight excluding hydrogens is 472 g/mol. The Hall–Kier alpha value is -0.800. The SMILES string of the molecule is CCCCCCCCCCCCCCCCCCSCC(NC(C)=O)C(=O)NCCS(=O)(=O)O. The molecule has 0 aliphatic rings. The summed E-state index contributed by atoms with van der Waals surface area (Å²) in [6.45, 7) is 3.43. The Balaban J connectivity index is 3.60. The van der Waals surface area contributed by atoms with E-state index in [2.05, 4.69) is 17.6 Å². The highest BCUT2D eigenvalue weighted by molar-refractivity contribution is 7.99. The molecule has 3 N–H and O–H groups in total. The third-order valence-electron chi connectivity index (χ3n) is 5.78. The quantitative estimate of drug-likeness (QED) is 0.114. The summed E-state index contributed by atoms with van der Waals surface area (Å²) in [5.74, 6) is 0.0806. The predicted octanol–water partition coefficient (Wildman–Crippen LogP) is 5.49. The van der Waals surface area contributed by atoms with E-state index in [0.717, 1.165) is 12.2 Å². The molecule has 0 aliphatic carbocycles. The Morgan fingerprint density at radius 2 is 1.24 bits per heavy atom. The van der Waals surface area contributed by atoms with Gasteiger partial charge < -0.3 is 10.6 Å². The van der Waals surface area contributed by atoms with E-state index in [0.29, 0.717) is 5.75 Å². The van der Waals surface area contributed by atoms with Crippen molar-refractivity contribution in [1.82, 2.24) is 10.6 Å². The van der Waals surface area contributed by atoms with Gasteiger partial charge in [0.05, 0.1) is 5.75 Å². The maximum atomic E-state index is 12.2. The van der Waals surface area contributed by atoms with Crippen LogP contribution in [0.3, 0.4) is 0 Å². The topological polar surface area (TPSA) is 113 Å². The van der Waals surface area contributed by atoms with Crippen LogP contribution in [-0.2, 0) is 19.7 Å². The highest BCUT2D eigenvalue weighted by atomic mass is 32.2. The van der Waals surface area contributed by atoms with Gasteiger partial charge in [-0.2, -0.15) is 20.2 Å². The lowest BCUT2D eigenvalue weighted by atomic mass is 10.0. The van der Waals surface area contributed by atoms with E-state index < -0.39 is 27.8 Å². The summed E-state index contributed by atoms with van der Waals surface area (Å²) in [6, 6.07) is -0.704. The number of hydrogen-bond donors (Lipinski definition) is 3. The average Bonchev–Trinajstić information content (AvgIpc) is 2.76. The fourth-order valence-corrected chi connectivity index (χ4v) is 5.21. The van der Waals surface area contributed by atoms with E-state index >= 15 is 0 Å². The van der Waals surface area contributed by atoms with Crippen molar-refractivity contribution >= 4 is 33.7 Å². The van der Waals surface area contributed by atoms with Crippen LogP contribution >= 0.6 is 11.8 Å². The molecule has 0 aromatic carbocycles. The molecule has 0 aliphatic heterocycles. The van der Waals surface area contributed by atoms with Crippen LogP contribution in [0.15, 0.2) is 0 Å². The van der Waals surface area contributed by atoms with E-state index in [1.165, 1.54) is 103 Å². The summed E-state index contributed by atoms with van der Waals surface area (Å²) in [5, 5.41) is 5.05. The van der Waals surface area contributed by atoms with E-state index in [1.54, 1.807) is 11.8 Å². The Bertz CT molecular complexity index is 614. The third kappa shape index (κ3) is 24.3. The van der Waals surface area contributed by atoms with Crippen LogP contribution in [0.4, 0.5) is 0 Å². The zero-order valence-corrected chi connectivity index (χ0v) is 23.2. The molecule has 0 saturated heterocycles. The van der Waals surface area contributed by atoms with Crippen LogP contribution in [-0.4, -0.2) is 54.6 Å². The summed E-state index contributed by atoms with van der Waals surface area (Å²) in [6.07, 6.45) is 21.3. The Morgan fingerprint density at radius 1 is 0.794 bits per heavy atom. The van der Waals surface area contributed by atoms with Crippen LogP contribution in [0.1, 0.15) is 117 Å². The van der Waals surface area contributed by atoms with Crippen molar-refractivity contribution in [3.8, 4) is 0 Å². The lowest BCUT2D eigenvalue weighted by molar-refractivity contribution is -0.127. The molecule has 1 unspecified atom stereocenters. The van der Waals surface area contributed by atoms with E-state index in [9.17, 15) is 18.0 Å². The first-order valence-electron chi connectivity index (χ1n) is 13.3. The number of amides is 2. The summed E-state index contributed by atoms with van der Waals surface area (Å²) in [5.41, 5.74) is 0. The maximum Gasteiger partial charge on any atom is 0.266 e. The molecule has 34 heavy (non-hydrogen) atoms. The molecule has 2 amide bonds. The van der Waals surface area contributed by atoms with Crippen LogP contribution < -0.4 is 10.6 Å². The first-order chi connectivity index (χ1) is 16.3. The monoisotopic (exact) mass is 522 g/mol. The third-order valence-corrected chi connectivity index (χ3v) is 7.65. The molecule has 0 aromatic rings. The van der Waals surface area contributed by atoms with Gasteiger partial charge in [-0.1, -0.05) is 103 Å². The van der Waals surface area contributed by atoms with Crippen molar-refractivity contribution < 1.29 is 22.6 Å². The van der Waals surface area contributed by atoms with Crippen LogP contribution in [0.2, 0.25) is 0 Å². The largest absolute Gasteiger partial charge is 0.353 e. The number of nitrogens with one attached hydrogen (secondary N) is 2. The van der Waals surface area contributed by atoms with Crippen LogP contribution in [0, 0.1) is 0 Å². The van der Waals surface area contributed by atoms with Gasteiger partial charge in [-0.15, -0.1) is 0 Å². The van der Waals surface area contributed by atoms with Crippen LogP contribution in [0.5, 0.6) is 0 Å². The van der Waals surface area contributed by atoms with Gasteiger partial charge in [0, 0.05) is 19.2 Å². The molecular formula is C25H50N2O5S2. The molecule has 0 aromatic heterocycles. The second-order valence-corrected chi connectivity index (χ2v) is 11.9. The summed E-state index contributed by atoms with van der Waals surface area (Å²) < 4.78 is 30.2. The first kappa shape index (κ1) is 33.2. The van der Waals surface area contributed by atoms with Gasteiger partial charge in [0.15, 0.2) is 0 Å². The fraction of sp³-hybridized carbons (Fsp3) is 0.920. The normalized spacial score (nSPS) is 12.4. The molecule has 0 fully saturated rings. The molecule has 202 valence electrons. The number of carbonyl (C=O) groups is 2. The van der Waals surface area contributed by atoms with E-state index in [4.69, 9.17) is 4.55 Å². The molecule has 1 atom stereocenters. The smallest absolute Gasteiger partial charge is 0.266 e. The van der Waals surface area contributed by atoms with Crippen molar-refractivity contribution in [3.63, 3.8) is 0 Å². The molecule has 0 bridgehead atoms. The molecule has 0 saturated carbocycles. The fourth-order valence-electron chi connectivity index (χ4n) is 3.81. The van der Waals surface area contributed by atoms with Crippen molar-refractivity contribution in [2.24, 2.45) is 0 Å². The van der Waals surface area contributed by atoms with Gasteiger partial charge >= 0.3 is 0 Å². The minimum absolute atomic E-state index is 0.183. The lowest BCUT2D eigenvalue weighted by Crippen LogP contribution is -2.48. The minimum Gasteiger partial charge on any atom is -0.353 e. The molecule has 0 spiro atoms. The lowest BCUT2D eigenvalue weighted by Gasteiger charge is -2.17. The minimum atomic E-state index is -4.12. The second-order valence-electron chi connectivity index (χ2n) is 9.21. The summed E-state index contributed by atoms with van der Waals surface area (Å²) >= 11 is 1.61. The van der Waals surface area contributed by atoms with E-state index in [-0.39, 0.29) is 12.5 Å². The standard InChI is InChI=1S/C25H50N2O5S2/c1-3-4-5-6-7-8-9-10-11-12-13-14-15-16-17-18-20-33-22-24(27-23(2)28)25(29)26-19-21-34(30,31)32/h24H,3-22H2,1-2H3,(H,26,29)(H,27,28)(H,30,31,32). The van der Waals surface area contributed by atoms with Gasteiger partial charge in [0.2, 0.25) is 11.8 Å². The Morgan fingerprint density at radius 3 is 1.65 bits per heavy atom. The predicted molar refractivity (Wildman–Crippen MR) is 144 cm³/mol. The molecule has 7 nitrogen and oxygen atoms in total. The molecule has 0 radical (unpaired) electrons. The second kappa shape index (κ2) is 22.7. The van der Waals surface area contributed by atoms with Gasteiger partial charge in [-0.3, -0.25) is 14.1 Å². The van der Waals surface area contributed by atoms with Gasteiger partial charge in [-0.05, 0) is 12.2 Å². The summed E-state index contributed by atoms with van der Waals surface area (Å²) in [4.78, 5) is 23.5. The maximum absolute atomic E-state index is 12.2. The summed E-state index contributed by atoms with van der Waals surface area (Å²) in [7, 11) is -4.12. The number of carbonyl (C=O) groups excluding carboxylic acids is 2. The van der Waals surface area contributed by atoms with Gasteiger partial charge in [-0.25, -0.2) is 0 Å². The van der Waals surface area contributed by atoms with Crippen molar-refractivity contribution in [1.29, 1.82) is 0 Å². The highest BCUT2D eigenvalue weighted by Gasteiger charge is 2.19. The zero-order valence-electron chi connectivity index (χ0n) is 21.6. The Labute approximate surface area is 213 Å². The van der Waals surface area contributed by atoms with Crippen molar-refractivity contribution in [2.45, 2.75) is 123 Å². The van der Waals surface area contributed by atoms with Gasteiger partial charge in [0.25, 0.3) is 10.1 Å². The zero-order chi connectivity index (χ0) is 25.5. The number of hydrogen-bond acceptors (Lipinski definition) is 5. The molecule has 9 heteroatoms. The number of thioether (sulfide) groups is 1. The number of unbranched alkanes of at least 4 members (excludes halogenated alkanes) is 15. The number of rotatable bonds is 24. The Kier molecular flexibility index (Phi) is 22.1. The van der Waals surface area contributed by atoms with Crippen molar-refractivity contribution in [2.75, 3.05) is 23.8 Å². The van der Waals surface area contributed by atoms with Gasteiger partial charge in [0.1, 0.15) is 6.04 Å². The highest BCUT2D eigenvalue weighted by Crippen LogP contribution is 2.14. The molecule has 0 rings (SSSR count). The molecule has 0 heterocycles. The first-order valence-corrected chi connectivity index (χ1v) is 16.1. The van der Waals surface area contributed by atoms with Crippen molar-refractivity contribution in [3.05, 3.63) is 0 Å².